The zero-order chi connectivity index (χ0) is 18.6. The molecule has 27 heavy (non-hydrogen) atoms. The van der Waals surface area contributed by atoms with E-state index in [4.69, 9.17) is 9.84 Å². The van der Waals surface area contributed by atoms with E-state index in [1.54, 1.807) is 31.5 Å². The standard InChI is InChI=1S/C20H23N5O2/c1-27-16-5-2-4-14(12-16)20(26)23-10-11-25-19-17(6-3-8-22-19)18(24-25)15-7-9-21-13-15/h2-6,8,12,15,21H,7,9-11,13H2,1H3,(H,23,26). The van der Waals surface area contributed by atoms with Crippen LogP contribution in [0.25, 0.3) is 11.0 Å². The smallest absolute Gasteiger partial charge is 0.251 e. The third-order valence-corrected chi connectivity index (χ3v) is 4.92. The molecule has 1 saturated heterocycles. The van der Waals surface area contributed by atoms with Gasteiger partial charge in [0, 0.05) is 36.2 Å². The van der Waals surface area contributed by atoms with Crippen LogP contribution in [0, 0.1) is 0 Å². The number of benzene rings is 1. The Morgan fingerprint density at radius 2 is 2.30 bits per heavy atom. The largest absolute Gasteiger partial charge is 0.497 e. The van der Waals surface area contributed by atoms with E-state index in [-0.39, 0.29) is 5.91 Å². The van der Waals surface area contributed by atoms with Gasteiger partial charge >= 0.3 is 0 Å². The molecule has 0 aliphatic carbocycles. The van der Waals surface area contributed by atoms with Crippen molar-refractivity contribution in [2.24, 2.45) is 0 Å². The van der Waals surface area contributed by atoms with Gasteiger partial charge in [-0.15, -0.1) is 0 Å². The molecule has 2 aromatic heterocycles. The van der Waals surface area contributed by atoms with Gasteiger partial charge in [0.05, 0.1) is 19.3 Å². The molecule has 3 heterocycles. The number of aromatic nitrogens is 3. The summed E-state index contributed by atoms with van der Waals surface area (Å²) in [4.78, 5) is 16.9. The SMILES string of the molecule is COc1cccc(C(=O)NCCn2nc(C3CCNC3)c3cccnc32)c1. The summed E-state index contributed by atoms with van der Waals surface area (Å²) in [5.41, 5.74) is 2.55. The minimum Gasteiger partial charge on any atom is -0.497 e. The Kier molecular flexibility index (Phi) is 5.02. The van der Waals surface area contributed by atoms with Crippen molar-refractivity contribution >= 4 is 16.9 Å². The average Bonchev–Trinajstić information content (AvgIpc) is 3.36. The van der Waals surface area contributed by atoms with Gasteiger partial charge in [-0.25, -0.2) is 9.67 Å². The van der Waals surface area contributed by atoms with Gasteiger partial charge in [0.2, 0.25) is 0 Å². The molecule has 3 aromatic rings. The number of nitrogens with one attached hydrogen (secondary N) is 2. The van der Waals surface area contributed by atoms with Gasteiger partial charge in [-0.1, -0.05) is 6.07 Å². The monoisotopic (exact) mass is 365 g/mol. The lowest BCUT2D eigenvalue weighted by Crippen LogP contribution is -2.27. The van der Waals surface area contributed by atoms with Gasteiger partial charge in [0.1, 0.15) is 5.75 Å². The third kappa shape index (κ3) is 3.64. The van der Waals surface area contributed by atoms with Crippen molar-refractivity contribution in [3.05, 3.63) is 53.9 Å². The Labute approximate surface area is 157 Å². The van der Waals surface area contributed by atoms with E-state index in [1.807, 2.05) is 16.8 Å². The molecule has 0 saturated carbocycles. The van der Waals surface area contributed by atoms with Crippen LogP contribution in [0.5, 0.6) is 5.75 Å². The number of methoxy groups -OCH3 is 1. The second-order valence-corrected chi connectivity index (χ2v) is 6.66. The molecular weight excluding hydrogens is 342 g/mol. The molecule has 4 rings (SSSR count). The van der Waals surface area contributed by atoms with Crippen molar-refractivity contribution < 1.29 is 9.53 Å². The number of carbonyl (C=O) groups excluding carboxylic acids is 1. The fourth-order valence-corrected chi connectivity index (χ4v) is 3.52. The summed E-state index contributed by atoms with van der Waals surface area (Å²) in [5.74, 6) is 0.961. The molecule has 0 spiro atoms. The molecule has 140 valence electrons. The van der Waals surface area contributed by atoms with E-state index in [2.05, 4.69) is 21.7 Å². The van der Waals surface area contributed by atoms with Crippen LogP contribution in [-0.4, -0.2) is 47.4 Å². The molecule has 0 bridgehead atoms. The van der Waals surface area contributed by atoms with Gasteiger partial charge < -0.3 is 15.4 Å². The second kappa shape index (κ2) is 7.75. The summed E-state index contributed by atoms with van der Waals surface area (Å²) >= 11 is 0. The maximum atomic E-state index is 12.4. The van der Waals surface area contributed by atoms with Crippen molar-refractivity contribution in [2.45, 2.75) is 18.9 Å². The van der Waals surface area contributed by atoms with Crippen LogP contribution < -0.4 is 15.4 Å². The van der Waals surface area contributed by atoms with Crippen molar-refractivity contribution in [1.82, 2.24) is 25.4 Å². The number of pyridine rings is 1. The van der Waals surface area contributed by atoms with Crippen molar-refractivity contribution in [3.8, 4) is 5.75 Å². The Balaban J connectivity index is 1.46. The number of hydrogen-bond acceptors (Lipinski definition) is 5. The molecule has 1 aliphatic rings. The van der Waals surface area contributed by atoms with Gasteiger partial charge in [0.15, 0.2) is 5.65 Å². The predicted octanol–water partition coefficient (Wildman–Crippen LogP) is 1.95. The summed E-state index contributed by atoms with van der Waals surface area (Å²) < 4.78 is 7.07. The van der Waals surface area contributed by atoms with Crippen LogP contribution in [0.1, 0.15) is 28.4 Å². The van der Waals surface area contributed by atoms with Gasteiger partial charge in [0.25, 0.3) is 5.91 Å². The third-order valence-electron chi connectivity index (χ3n) is 4.92. The number of hydrogen-bond donors (Lipinski definition) is 2. The van der Waals surface area contributed by atoms with E-state index in [0.717, 1.165) is 36.2 Å². The summed E-state index contributed by atoms with van der Waals surface area (Å²) in [6, 6.07) is 11.1. The molecule has 2 N–H and O–H groups in total. The van der Waals surface area contributed by atoms with E-state index in [0.29, 0.717) is 30.3 Å². The lowest BCUT2D eigenvalue weighted by Gasteiger charge is -2.07. The molecule has 0 radical (unpaired) electrons. The number of amides is 1. The van der Waals surface area contributed by atoms with E-state index in [1.165, 1.54) is 0 Å². The minimum atomic E-state index is -0.126. The topological polar surface area (TPSA) is 81.1 Å². The number of carbonyl (C=O) groups is 1. The highest BCUT2D eigenvalue weighted by atomic mass is 16.5. The number of ether oxygens (including phenoxy) is 1. The molecule has 7 nitrogen and oxygen atoms in total. The van der Waals surface area contributed by atoms with Crippen LogP contribution in [0.2, 0.25) is 0 Å². The van der Waals surface area contributed by atoms with Crippen LogP contribution in [-0.2, 0) is 6.54 Å². The lowest BCUT2D eigenvalue weighted by molar-refractivity contribution is 0.0951. The molecular formula is C20H23N5O2. The summed E-state index contributed by atoms with van der Waals surface area (Å²) in [5, 5.41) is 12.3. The highest BCUT2D eigenvalue weighted by molar-refractivity contribution is 5.94. The zero-order valence-electron chi connectivity index (χ0n) is 15.3. The summed E-state index contributed by atoms with van der Waals surface area (Å²) in [7, 11) is 1.59. The number of nitrogens with zero attached hydrogens (tertiary/aromatic N) is 3. The molecule has 1 amide bonds. The normalized spacial score (nSPS) is 16.6. The maximum Gasteiger partial charge on any atom is 0.251 e. The fourth-order valence-electron chi connectivity index (χ4n) is 3.52. The quantitative estimate of drug-likeness (QED) is 0.698. The molecule has 1 atom stereocenters. The van der Waals surface area contributed by atoms with Crippen molar-refractivity contribution in [1.29, 1.82) is 0 Å². The Hall–Kier alpha value is -2.93. The molecule has 1 aromatic carbocycles. The molecule has 1 unspecified atom stereocenters. The first-order valence-corrected chi connectivity index (χ1v) is 9.20. The predicted molar refractivity (Wildman–Crippen MR) is 103 cm³/mol. The number of fused-ring (bicyclic) bond motifs is 1. The van der Waals surface area contributed by atoms with Crippen LogP contribution in [0.3, 0.4) is 0 Å². The van der Waals surface area contributed by atoms with Gasteiger partial charge in [-0.2, -0.15) is 5.10 Å². The fraction of sp³-hybridized carbons (Fsp3) is 0.350. The number of rotatable bonds is 6. The second-order valence-electron chi connectivity index (χ2n) is 6.66. The Morgan fingerprint density at radius 3 is 3.11 bits per heavy atom. The van der Waals surface area contributed by atoms with E-state index < -0.39 is 0 Å². The molecule has 1 aliphatic heterocycles. The molecule has 7 heteroatoms. The minimum absolute atomic E-state index is 0.126. The lowest BCUT2D eigenvalue weighted by atomic mass is 10.0. The van der Waals surface area contributed by atoms with Crippen LogP contribution >= 0.6 is 0 Å². The van der Waals surface area contributed by atoms with Gasteiger partial charge in [-0.3, -0.25) is 4.79 Å². The highest BCUT2D eigenvalue weighted by Gasteiger charge is 2.23. The van der Waals surface area contributed by atoms with E-state index >= 15 is 0 Å². The average molecular weight is 365 g/mol. The van der Waals surface area contributed by atoms with Crippen LogP contribution in [0.15, 0.2) is 42.6 Å². The van der Waals surface area contributed by atoms with Crippen molar-refractivity contribution in [3.63, 3.8) is 0 Å². The first-order valence-electron chi connectivity index (χ1n) is 9.20. The molecule has 1 fully saturated rings. The Bertz CT molecular complexity index is 946. The first-order chi connectivity index (χ1) is 13.3. The maximum absolute atomic E-state index is 12.4. The van der Waals surface area contributed by atoms with Crippen LogP contribution in [0.4, 0.5) is 0 Å². The van der Waals surface area contributed by atoms with Gasteiger partial charge in [-0.05, 0) is 43.3 Å². The Morgan fingerprint density at radius 1 is 1.37 bits per heavy atom. The first kappa shape index (κ1) is 17.5. The van der Waals surface area contributed by atoms with Crippen molar-refractivity contribution in [2.75, 3.05) is 26.7 Å². The summed E-state index contributed by atoms with van der Waals surface area (Å²) in [6.07, 6.45) is 2.87. The van der Waals surface area contributed by atoms with E-state index in [9.17, 15) is 4.79 Å². The highest BCUT2D eigenvalue weighted by Crippen LogP contribution is 2.27. The summed E-state index contributed by atoms with van der Waals surface area (Å²) in [6.45, 7) is 3.03. The zero-order valence-corrected chi connectivity index (χ0v) is 15.3.